The lowest BCUT2D eigenvalue weighted by molar-refractivity contribution is 0.757. The van der Waals surface area contributed by atoms with Gasteiger partial charge in [0.25, 0.3) is 5.56 Å². The van der Waals surface area contributed by atoms with Gasteiger partial charge in [-0.15, -0.1) is 0 Å². The fourth-order valence-electron chi connectivity index (χ4n) is 2.32. The van der Waals surface area contributed by atoms with Gasteiger partial charge in [-0.25, -0.2) is 9.50 Å². The molecule has 0 unspecified atom stereocenters. The van der Waals surface area contributed by atoms with E-state index >= 15 is 0 Å². The highest BCUT2D eigenvalue weighted by Gasteiger charge is 2.21. The molecule has 0 aromatic carbocycles. The maximum atomic E-state index is 12.0. The lowest BCUT2D eigenvalue weighted by atomic mass is 10.2. The predicted molar refractivity (Wildman–Crippen MR) is 75.0 cm³/mol. The molecule has 3 heterocycles. The Morgan fingerprint density at radius 3 is 2.45 bits per heavy atom. The maximum Gasteiger partial charge on any atom is 0.277 e. The number of hydrogen-bond donors (Lipinski definition) is 1. The average Bonchev–Trinajstić information content (AvgIpc) is 2.78. The minimum Gasteiger partial charge on any atom is -0.307 e. The van der Waals surface area contributed by atoms with Crippen molar-refractivity contribution >= 4 is 17.1 Å². The van der Waals surface area contributed by atoms with Crippen LogP contribution in [-0.2, 0) is 7.05 Å². The first-order valence-corrected chi connectivity index (χ1v) is 6.43. The van der Waals surface area contributed by atoms with Crippen LogP contribution in [0, 0.1) is 20.8 Å². The molecule has 0 atom stereocenters. The molecule has 1 N–H and O–H groups in total. The number of nitrogens with zero attached hydrogens (tertiary/aromatic N) is 5. The number of nitrogens with one attached hydrogen (secondary N) is 1. The molecule has 3 rings (SSSR count). The Labute approximate surface area is 119 Å². The quantitative estimate of drug-likeness (QED) is 0.735. The predicted octanol–water partition coefficient (Wildman–Crippen LogP) is 1.40. The molecule has 20 heavy (non-hydrogen) atoms. The van der Waals surface area contributed by atoms with Gasteiger partial charge in [0.05, 0.1) is 17.0 Å². The lowest BCUT2D eigenvalue weighted by Crippen LogP contribution is -2.14. The highest BCUT2D eigenvalue weighted by molar-refractivity contribution is 6.32. The van der Waals surface area contributed by atoms with Crippen LogP contribution in [0.3, 0.4) is 0 Å². The Hall–Kier alpha value is -2.15. The number of imidazole rings is 1. The number of aromatic nitrogens is 6. The summed E-state index contributed by atoms with van der Waals surface area (Å²) in [6.07, 6.45) is 0. The molecule has 0 fully saturated rings. The summed E-state index contributed by atoms with van der Waals surface area (Å²) in [5.74, 6) is 1.04. The second kappa shape index (κ2) is 4.17. The molecule has 0 radical (unpaired) electrons. The van der Waals surface area contributed by atoms with Crippen LogP contribution in [0.5, 0.6) is 0 Å². The lowest BCUT2D eigenvalue weighted by Gasteiger charge is -2.01. The number of fused-ring (bicyclic) bond motifs is 1. The smallest absolute Gasteiger partial charge is 0.277 e. The van der Waals surface area contributed by atoms with Gasteiger partial charge in [0.1, 0.15) is 11.0 Å². The van der Waals surface area contributed by atoms with E-state index in [0.29, 0.717) is 33.6 Å². The zero-order valence-corrected chi connectivity index (χ0v) is 12.3. The van der Waals surface area contributed by atoms with Gasteiger partial charge in [0.2, 0.25) is 0 Å². The molecule has 3 aromatic heterocycles. The third kappa shape index (κ3) is 1.66. The molecular weight excluding hydrogens is 280 g/mol. The fourth-order valence-corrected chi connectivity index (χ4v) is 2.58. The Morgan fingerprint density at radius 1 is 1.15 bits per heavy atom. The third-order valence-corrected chi connectivity index (χ3v) is 3.60. The van der Waals surface area contributed by atoms with Crippen LogP contribution in [0.25, 0.3) is 16.9 Å². The highest BCUT2D eigenvalue weighted by Crippen LogP contribution is 2.30. The van der Waals surface area contributed by atoms with Crippen molar-refractivity contribution in [1.29, 1.82) is 0 Å². The normalized spacial score (nSPS) is 11.4. The number of aromatic amines is 1. The third-order valence-electron chi connectivity index (χ3n) is 3.16. The minimum atomic E-state index is -0.216. The molecule has 0 saturated heterocycles. The maximum absolute atomic E-state index is 12.0. The Kier molecular flexibility index (Phi) is 2.68. The molecule has 3 aromatic rings. The van der Waals surface area contributed by atoms with E-state index in [9.17, 15) is 4.79 Å². The van der Waals surface area contributed by atoms with Crippen molar-refractivity contribution in [3.63, 3.8) is 0 Å². The summed E-state index contributed by atoms with van der Waals surface area (Å²) in [6.45, 7) is 5.33. The van der Waals surface area contributed by atoms with Crippen LogP contribution in [0.2, 0.25) is 5.15 Å². The molecule has 0 saturated carbocycles. The van der Waals surface area contributed by atoms with Crippen LogP contribution >= 0.6 is 11.6 Å². The fraction of sp³-hybridized carbons (Fsp3) is 0.333. The first kappa shape index (κ1) is 12.9. The molecule has 0 spiro atoms. The van der Waals surface area contributed by atoms with Crippen molar-refractivity contribution in [3.05, 3.63) is 32.7 Å². The van der Waals surface area contributed by atoms with Gasteiger partial charge >= 0.3 is 0 Å². The van der Waals surface area contributed by atoms with E-state index in [1.165, 1.54) is 4.52 Å². The van der Waals surface area contributed by atoms with Crippen molar-refractivity contribution in [1.82, 2.24) is 29.4 Å². The summed E-state index contributed by atoms with van der Waals surface area (Å²) >= 11 is 6.27. The Morgan fingerprint density at radius 2 is 1.85 bits per heavy atom. The number of hydrogen-bond acceptors (Lipinski definition) is 4. The summed E-state index contributed by atoms with van der Waals surface area (Å²) in [7, 11) is 1.76. The minimum absolute atomic E-state index is 0.216. The summed E-state index contributed by atoms with van der Waals surface area (Å²) in [4.78, 5) is 19.1. The molecule has 0 amide bonds. The van der Waals surface area contributed by atoms with Gasteiger partial charge < -0.3 is 4.98 Å². The standard InChI is InChI=1S/C12H13ClN6O/c1-5-8(10(13)18(4)16-5)11-14-6(2)9-12(20)15-7(3)17-19(9)11/h1-4H3,(H,15,17,20). The molecule has 0 bridgehead atoms. The van der Waals surface area contributed by atoms with Crippen molar-refractivity contribution in [2.45, 2.75) is 20.8 Å². The van der Waals surface area contributed by atoms with Crippen LogP contribution < -0.4 is 5.56 Å². The second-order valence-electron chi connectivity index (χ2n) is 4.70. The summed E-state index contributed by atoms with van der Waals surface area (Å²) < 4.78 is 3.10. The van der Waals surface area contributed by atoms with Crippen molar-refractivity contribution < 1.29 is 0 Å². The SMILES string of the molecule is Cc1nn2c(-c3c(C)nn(C)c3Cl)nc(C)c2c(=O)[nH]1. The first-order chi connectivity index (χ1) is 9.40. The van der Waals surface area contributed by atoms with Gasteiger partial charge in [0.15, 0.2) is 11.3 Å². The van der Waals surface area contributed by atoms with Gasteiger partial charge in [0, 0.05) is 7.05 Å². The topological polar surface area (TPSA) is 80.9 Å². The van der Waals surface area contributed by atoms with E-state index in [1.54, 1.807) is 25.6 Å². The monoisotopic (exact) mass is 292 g/mol. The molecule has 0 aliphatic carbocycles. The van der Waals surface area contributed by atoms with Gasteiger partial charge in [-0.3, -0.25) is 9.48 Å². The Balaban J connectivity index is 2.46. The van der Waals surface area contributed by atoms with Crippen molar-refractivity contribution in [2.24, 2.45) is 7.05 Å². The van der Waals surface area contributed by atoms with Crippen LogP contribution in [-0.4, -0.2) is 29.4 Å². The van der Waals surface area contributed by atoms with Crippen LogP contribution in [0.1, 0.15) is 17.2 Å². The molecule has 7 nitrogen and oxygen atoms in total. The zero-order valence-electron chi connectivity index (χ0n) is 11.5. The highest BCUT2D eigenvalue weighted by atomic mass is 35.5. The van der Waals surface area contributed by atoms with E-state index in [-0.39, 0.29) is 5.56 Å². The summed E-state index contributed by atoms with van der Waals surface area (Å²) in [5, 5.41) is 9.06. The Bertz CT molecular complexity index is 888. The molecule has 0 aliphatic rings. The number of aryl methyl sites for hydroxylation is 4. The second-order valence-corrected chi connectivity index (χ2v) is 5.05. The summed E-state index contributed by atoms with van der Waals surface area (Å²) in [5.41, 5.74) is 2.24. The number of rotatable bonds is 1. The molecule has 0 aliphatic heterocycles. The molecule has 8 heteroatoms. The number of H-pyrrole nitrogens is 1. The van der Waals surface area contributed by atoms with E-state index in [0.717, 1.165) is 5.69 Å². The van der Waals surface area contributed by atoms with Crippen LogP contribution in [0.4, 0.5) is 0 Å². The average molecular weight is 293 g/mol. The van der Waals surface area contributed by atoms with Crippen molar-refractivity contribution in [2.75, 3.05) is 0 Å². The van der Waals surface area contributed by atoms with Crippen LogP contribution in [0.15, 0.2) is 4.79 Å². The zero-order chi connectivity index (χ0) is 14.6. The number of halogens is 1. The molecular formula is C12H13ClN6O. The van der Waals surface area contributed by atoms with Gasteiger partial charge in [-0.1, -0.05) is 11.6 Å². The summed E-state index contributed by atoms with van der Waals surface area (Å²) in [6, 6.07) is 0. The van der Waals surface area contributed by atoms with E-state index in [4.69, 9.17) is 11.6 Å². The van der Waals surface area contributed by atoms with Crippen molar-refractivity contribution in [3.8, 4) is 11.4 Å². The molecule has 104 valence electrons. The van der Waals surface area contributed by atoms with E-state index < -0.39 is 0 Å². The van der Waals surface area contributed by atoms with Gasteiger partial charge in [-0.2, -0.15) is 10.2 Å². The van der Waals surface area contributed by atoms with Gasteiger partial charge in [-0.05, 0) is 20.8 Å². The van der Waals surface area contributed by atoms with E-state index in [2.05, 4.69) is 20.2 Å². The van der Waals surface area contributed by atoms with E-state index in [1.807, 2.05) is 6.92 Å². The first-order valence-electron chi connectivity index (χ1n) is 6.06. The largest absolute Gasteiger partial charge is 0.307 e.